The standard InChI is InChI=1S/C27H24ClNO2/c1-18(2)24-6-4-5-7-25(24)29-26(20-10-12-22(28)13-11-20)17-21(27(29)30)16-19-8-14-23(31-3)15-9-19/h4-18H,1-3H3/b21-16-. The summed E-state index contributed by atoms with van der Waals surface area (Å²) in [6.07, 6.45) is 3.86. The summed E-state index contributed by atoms with van der Waals surface area (Å²) >= 11 is 6.11. The van der Waals surface area contributed by atoms with Gasteiger partial charge < -0.3 is 4.74 Å². The van der Waals surface area contributed by atoms with Gasteiger partial charge in [0, 0.05) is 10.6 Å². The van der Waals surface area contributed by atoms with E-state index < -0.39 is 0 Å². The normalized spacial score (nSPS) is 15.0. The molecular weight excluding hydrogens is 406 g/mol. The van der Waals surface area contributed by atoms with E-state index >= 15 is 0 Å². The largest absolute Gasteiger partial charge is 0.497 e. The molecule has 0 saturated heterocycles. The Morgan fingerprint density at radius 3 is 2.26 bits per heavy atom. The summed E-state index contributed by atoms with van der Waals surface area (Å²) in [6, 6.07) is 23.3. The van der Waals surface area contributed by atoms with Gasteiger partial charge in [0.2, 0.25) is 0 Å². The molecule has 0 spiro atoms. The number of hydrogen-bond acceptors (Lipinski definition) is 2. The molecule has 156 valence electrons. The summed E-state index contributed by atoms with van der Waals surface area (Å²) < 4.78 is 5.24. The SMILES string of the molecule is COc1ccc(/C=C2/C=C(c3ccc(Cl)cc3)N(c3ccccc3C(C)C)C2=O)cc1. The van der Waals surface area contributed by atoms with Gasteiger partial charge in [-0.05, 0) is 65.1 Å². The highest BCUT2D eigenvalue weighted by atomic mass is 35.5. The number of halogens is 1. The second-order valence-corrected chi connectivity index (χ2v) is 8.20. The molecule has 3 aromatic carbocycles. The van der Waals surface area contributed by atoms with Crippen molar-refractivity contribution in [3.05, 3.63) is 106 Å². The topological polar surface area (TPSA) is 29.5 Å². The van der Waals surface area contributed by atoms with E-state index in [1.54, 1.807) is 7.11 Å². The summed E-state index contributed by atoms with van der Waals surface area (Å²) in [5.74, 6) is 1.02. The summed E-state index contributed by atoms with van der Waals surface area (Å²) in [7, 11) is 1.64. The lowest BCUT2D eigenvalue weighted by atomic mass is 10.00. The molecule has 0 radical (unpaired) electrons. The second-order valence-electron chi connectivity index (χ2n) is 7.76. The fourth-order valence-corrected chi connectivity index (χ4v) is 3.87. The second kappa shape index (κ2) is 8.83. The van der Waals surface area contributed by atoms with E-state index in [0.717, 1.165) is 33.8 Å². The zero-order valence-electron chi connectivity index (χ0n) is 17.8. The van der Waals surface area contributed by atoms with Crippen LogP contribution in [0, 0.1) is 0 Å². The first kappa shape index (κ1) is 21.0. The minimum atomic E-state index is -0.0473. The van der Waals surface area contributed by atoms with Crippen LogP contribution in [-0.2, 0) is 4.79 Å². The van der Waals surface area contributed by atoms with Crippen LogP contribution in [0.15, 0.2) is 84.4 Å². The number of nitrogens with zero attached hydrogens (tertiary/aromatic N) is 1. The Morgan fingerprint density at radius 1 is 0.935 bits per heavy atom. The maximum Gasteiger partial charge on any atom is 0.262 e. The predicted octanol–water partition coefficient (Wildman–Crippen LogP) is 6.94. The van der Waals surface area contributed by atoms with Gasteiger partial charge in [-0.15, -0.1) is 0 Å². The number of hydrogen-bond donors (Lipinski definition) is 0. The summed E-state index contributed by atoms with van der Waals surface area (Å²) in [4.78, 5) is 15.4. The summed E-state index contributed by atoms with van der Waals surface area (Å²) in [5, 5.41) is 0.664. The average Bonchev–Trinajstić information content (AvgIpc) is 3.10. The lowest BCUT2D eigenvalue weighted by Crippen LogP contribution is -2.26. The predicted molar refractivity (Wildman–Crippen MR) is 128 cm³/mol. The molecule has 0 atom stereocenters. The Bertz CT molecular complexity index is 1160. The van der Waals surface area contributed by atoms with E-state index in [9.17, 15) is 4.79 Å². The van der Waals surface area contributed by atoms with Gasteiger partial charge in [0.05, 0.1) is 18.5 Å². The van der Waals surface area contributed by atoms with Gasteiger partial charge in [0.25, 0.3) is 5.91 Å². The van der Waals surface area contributed by atoms with E-state index in [1.165, 1.54) is 0 Å². The van der Waals surface area contributed by atoms with Gasteiger partial charge in [-0.1, -0.05) is 67.9 Å². The number of ether oxygens (including phenoxy) is 1. The molecule has 1 aliphatic rings. The molecule has 0 fully saturated rings. The number of carbonyl (C=O) groups is 1. The first-order valence-electron chi connectivity index (χ1n) is 10.2. The number of benzene rings is 3. The van der Waals surface area contributed by atoms with E-state index in [4.69, 9.17) is 16.3 Å². The van der Waals surface area contributed by atoms with Crippen LogP contribution < -0.4 is 9.64 Å². The van der Waals surface area contributed by atoms with Crippen LogP contribution in [0.2, 0.25) is 5.02 Å². The Hall–Kier alpha value is -3.30. The monoisotopic (exact) mass is 429 g/mol. The molecule has 0 unspecified atom stereocenters. The zero-order valence-corrected chi connectivity index (χ0v) is 18.6. The molecule has 31 heavy (non-hydrogen) atoms. The summed E-state index contributed by atoms with van der Waals surface area (Å²) in [6.45, 7) is 4.28. The van der Waals surface area contributed by atoms with Crippen molar-refractivity contribution in [2.24, 2.45) is 0 Å². The number of amides is 1. The zero-order chi connectivity index (χ0) is 22.0. The van der Waals surface area contributed by atoms with Gasteiger partial charge in [-0.3, -0.25) is 9.69 Å². The first-order chi connectivity index (χ1) is 15.0. The van der Waals surface area contributed by atoms with Crippen molar-refractivity contribution in [3.63, 3.8) is 0 Å². The third-order valence-electron chi connectivity index (χ3n) is 5.36. The molecule has 4 rings (SSSR count). The van der Waals surface area contributed by atoms with Crippen LogP contribution in [0.3, 0.4) is 0 Å². The van der Waals surface area contributed by atoms with Crippen molar-refractivity contribution < 1.29 is 9.53 Å². The molecule has 0 aromatic heterocycles. The molecule has 3 nitrogen and oxygen atoms in total. The third kappa shape index (κ3) is 4.28. The summed E-state index contributed by atoms with van der Waals surface area (Å²) in [5.41, 5.74) is 5.38. The number of carbonyl (C=O) groups excluding carboxylic acids is 1. The fraction of sp³-hybridized carbons (Fsp3) is 0.148. The molecule has 0 aliphatic carbocycles. The first-order valence-corrected chi connectivity index (χ1v) is 10.6. The highest BCUT2D eigenvalue weighted by Crippen LogP contribution is 2.39. The minimum absolute atomic E-state index is 0.0473. The van der Waals surface area contributed by atoms with Crippen molar-refractivity contribution in [2.45, 2.75) is 19.8 Å². The molecule has 1 aliphatic heterocycles. The van der Waals surface area contributed by atoms with E-state index in [2.05, 4.69) is 19.9 Å². The quantitative estimate of drug-likeness (QED) is 0.411. The highest BCUT2D eigenvalue weighted by Gasteiger charge is 2.32. The smallest absolute Gasteiger partial charge is 0.262 e. The molecule has 1 amide bonds. The number of methoxy groups -OCH3 is 1. The number of para-hydroxylation sites is 1. The van der Waals surface area contributed by atoms with Crippen LogP contribution in [0.5, 0.6) is 5.75 Å². The Kier molecular flexibility index (Phi) is 5.97. The van der Waals surface area contributed by atoms with Gasteiger partial charge >= 0.3 is 0 Å². The molecule has 0 saturated carbocycles. The van der Waals surface area contributed by atoms with E-state index in [0.29, 0.717) is 10.6 Å². The Morgan fingerprint density at radius 2 is 1.61 bits per heavy atom. The lowest BCUT2D eigenvalue weighted by molar-refractivity contribution is -0.113. The molecule has 3 aromatic rings. The van der Waals surface area contributed by atoms with Crippen LogP contribution in [-0.4, -0.2) is 13.0 Å². The number of anilines is 1. The highest BCUT2D eigenvalue weighted by molar-refractivity contribution is 6.30. The molecule has 1 heterocycles. The molecule has 0 bridgehead atoms. The van der Waals surface area contributed by atoms with Gasteiger partial charge in [-0.2, -0.15) is 0 Å². The Balaban J connectivity index is 1.83. The average molecular weight is 430 g/mol. The molecular formula is C27H24ClNO2. The molecule has 0 N–H and O–H groups in total. The fourth-order valence-electron chi connectivity index (χ4n) is 3.75. The maximum atomic E-state index is 13.6. The van der Waals surface area contributed by atoms with Crippen molar-refractivity contribution in [1.29, 1.82) is 0 Å². The van der Waals surface area contributed by atoms with Gasteiger partial charge in [0.15, 0.2) is 0 Å². The van der Waals surface area contributed by atoms with E-state index in [1.807, 2.05) is 83.8 Å². The van der Waals surface area contributed by atoms with Crippen molar-refractivity contribution in [2.75, 3.05) is 12.0 Å². The van der Waals surface area contributed by atoms with Gasteiger partial charge in [-0.25, -0.2) is 0 Å². The van der Waals surface area contributed by atoms with Crippen molar-refractivity contribution in [1.82, 2.24) is 0 Å². The lowest BCUT2D eigenvalue weighted by Gasteiger charge is -2.25. The molecule has 4 heteroatoms. The number of rotatable bonds is 5. The van der Waals surface area contributed by atoms with Crippen LogP contribution in [0.1, 0.15) is 36.5 Å². The van der Waals surface area contributed by atoms with Crippen LogP contribution in [0.25, 0.3) is 11.8 Å². The maximum absolute atomic E-state index is 13.6. The van der Waals surface area contributed by atoms with Crippen molar-refractivity contribution >= 4 is 35.0 Å². The third-order valence-corrected chi connectivity index (χ3v) is 5.61. The van der Waals surface area contributed by atoms with E-state index in [-0.39, 0.29) is 11.8 Å². The minimum Gasteiger partial charge on any atom is -0.497 e. The van der Waals surface area contributed by atoms with Crippen LogP contribution >= 0.6 is 11.6 Å². The van der Waals surface area contributed by atoms with Gasteiger partial charge in [0.1, 0.15) is 5.75 Å². The van der Waals surface area contributed by atoms with Crippen molar-refractivity contribution in [3.8, 4) is 5.75 Å². The Labute approximate surface area is 188 Å². The van der Waals surface area contributed by atoms with Crippen LogP contribution in [0.4, 0.5) is 5.69 Å².